The number of carbonyl (C=O) groups is 2. The predicted molar refractivity (Wildman–Crippen MR) is 124 cm³/mol. The van der Waals surface area contributed by atoms with Crippen molar-refractivity contribution in [2.45, 2.75) is 6.04 Å². The molecule has 0 aromatic heterocycles. The SMILES string of the molecule is COc1ccc(OC)c(/C(O)=C2\C(=O)C(=O)N(c3ccc(Cl)cc3)C2c2cccc(O)c2)c1. The lowest BCUT2D eigenvalue weighted by Crippen LogP contribution is -2.29. The monoisotopic (exact) mass is 465 g/mol. The van der Waals surface area contributed by atoms with Crippen LogP contribution in [0, 0.1) is 0 Å². The summed E-state index contributed by atoms with van der Waals surface area (Å²) in [7, 11) is 2.90. The van der Waals surface area contributed by atoms with Gasteiger partial charge in [0.15, 0.2) is 0 Å². The van der Waals surface area contributed by atoms with E-state index < -0.39 is 23.5 Å². The van der Waals surface area contributed by atoms with Crippen LogP contribution in [-0.4, -0.2) is 36.1 Å². The quantitative estimate of drug-likeness (QED) is 0.322. The summed E-state index contributed by atoms with van der Waals surface area (Å²) in [5.41, 5.74) is 0.891. The Kier molecular flexibility index (Phi) is 5.98. The lowest BCUT2D eigenvalue weighted by atomic mass is 9.94. The first-order chi connectivity index (χ1) is 15.8. The molecule has 168 valence electrons. The van der Waals surface area contributed by atoms with Crippen molar-refractivity contribution in [1.29, 1.82) is 0 Å². The maximum absolute atomic E-state index is 13.2. The Balaban J connectivity index is 1.99. The van der Waals surface area contributed by atoms with Gasteiger partial charge in [-0.3, -0.25) is 14.5 Å². The molecule has 2 N–H and O–H groups in total. The molecular formula is C25H20ClNO6. The van der Waals surface area contributed by atoms with Crippen molar-refractivity contribution in [3.05, 3.63) is 88.5 Å². The molecule has 0 bridgehead atoms. The highest BCUT2D eigenvalue weighted by Gasteiger charge is 2.47. The van der Waals surface area contributed by atoms with Crippen LogP contribution in [0.5, 0.6) is 17.2 Å². The number of phenols is 1. The van der Waals surface area contributed by atoms with Crippen molar-refractivity contribution in [3.63, 3.8) is 0 Å². The van der Waals surface area contributed by atoms with Gasteiger partial charge in [0.2, 0.25) is 0 Å². The number of hydrogen-bond donors (Lipinski definition) is 2. The third-order valence-corrected chi connectivity index (χ3v) is 5.65. The van der Waals surface area contributed by atoms with Crippen LogP contribution in [0.15, 0.2) is 72.3 Å². The molecule has 3 aromatic rings. The second kappa shape index (κ2) is 8.88. The largest absolute Gasteiger partial charge is 0.508 e. The standard InChI is InChI=1S/C25H20ClNO6/c1-32-18-10-11-20(33-2)19(13-18)23(29)21-22(14-4-3-5-17(28)12-14)27(25(31)24(21)30)16-8-6-15(26)7-9-16/h3-13,22,28-29H,1-2H3/b23-21+. The number of phenolic OH excluding ortho intramolecular Hbond substituents is 1. The van der Waals surface area contributed by atoms with E-state index in [0.717, 1.165) is 0 Å². The average molecular weight is 466 g/mol. The van der Waals surface area contributed by atoms with E-state index in [1.54, 1.807) is 48.5 Å². The molecule has 1 atom stereocenters. The number of Topliss-reactive ketones (excluding diaryl/α,β-unsaturated/α-hetero) is 1. The lowest BCUT2D eigenvalue weighted by Gasteiger charge is -2.25. The minimum atomic E-state index is -1.01. The number of halogens is 1. The highest BCUT2D eigenvalue weighted by molar-refractivity contribution is 6.51. The van der Waals surface area contributed by atoms with E-state index in [-0.39, 0.29) is 16.9 Å². The Hall–Kier alpha value is -3.97. The molecular weight excluding hydrogens is 446 g/mol. The van der Waals surface area contributed by atoms with Crippen molar-refractivity contribution >= 4 is 34.7 Å². The number of aliphatic hydroxyl groups excluding tert-OH is 1. The molecule has 0 saturated carbocycles. The summed E-state index contributed by atoms with van der Waals surface area (Å²) >= 11 is 6.00. The topological polar surface area (TPSA) is 96.3 Å². The molecule has 4 rings (SSSR count). The van der Waals surface area contributed by atoms with Crippen LogP contribution in [0.4, 0.5) is 5.69 Å². The summed E-state index contributed by atoms with van der Waals surface area (Å²) in [6, 6.07) is 16.3. The van der Waals surface area contributed by atoms with Gasteiger partial charge in [-0.1, -0.05) is 23.7 Å². The molecule has 7 nitrogen and oxygen atoms in total. The van der Waals surface area contributed by atoms with Crippen LogP contribution in [0.25, 0.3) is 5.76 Å². The zero-order chi connectivity index (χ0) is 23.7. The predicted octanol–water partition coefficient (Wildman–Crippen LogP) is 4.69. The zero-order valence-corrected chi connectivity index (χ0v) is 18.5. The second-order valence-electron chi connectivity index (χ2n) is 7.31. The fraction of sp³-hybridized carbons (Fsp3) is 0.120. The molecule has 1 fully saturated rings. The number of anilines is 1. The van der Waals surface area contributed by atoms with E-state index in [2.05, 4.69) is 0 Å². The van der Waals surface area contributed by atoms with Crippen molar-refractivity contribution < 1.29 is 29.3 Å². The van der Waals surface area contributed by atoms with Crippen LogP contribution in [-0.2, 0) is 9.59 Å². The fourth-order valence-corrected chi connectivity index (χ4v) is 3.98. The number of methoxy groups -OCH3 is 2. The highest BCUT2D eigenvalue weighted by Crippen LogP contribution is 2.44. The number of carbonyl (C=O) groups excluding carboxylic acids is 2. The third-order valence-electron chi connectivity index (χ3n) is 5.40. The first-order valence-corrected chi connectivity index (χ1v) is 10.3. The minimum Gasteiger partial charge on any atom is -0.508 e. The maximum Gasteiger partial charge on any atom is 0.300 e. The van der Waals surface area contributed by atoms with E-state index in [1.807, 2.05) is 0 Å². The van der Waals surface area contributed by atoms with E-state index in [9.17, 15) is 19.8 Å². The second-order valence-corrected chi connectivity index (χ2v) is 7.74. The van der Waals surface area contributed by atoms with E-state index >= 15 is 0 Å². The molecule has 1 amide bonds. The Morgan fingerprint density at radius 1 is 0.970 bits per heavy atom. The lowest BCUT2D eigenvalue weighted by molar-refractivity contribution is -0.132. The maximum atomic E-state index is 13.2. The number of amides is 1. The van der Waals surface area contributed by atoms with Gasteiger partial charge in [-0.25, -0.2) is 0 Å². The molecule has 3 aromatic carbocycles. The Bertz CT molecular complexity index is 1270. The molecule has 8 heteroatoms. The van der Waals surface area contributed by atoms with Crippen molar-refractivity contribution in [3.8, 4) is 17.2 Å². The summed E-state index contributed by atoms with van der Waals surface area (Å²) in [6.07, 6.45) is 0. The first-order valence-electron chi connectivity index (χ1n) is 9.93. The van der Waals surface area contributed by atoms with Crippen LogP contribution < -0.4 is 14.4 Å². The fourth-order valence-electron chi connectivity index (χ4n) is 3.86. The van der Waals surface area contributed by atoms with Gasteiger partial charge in [0.25, 0.3) is 11.7 Å². The van der Waals surface area contributed by atoms with Crippen molar-refractivity contribution in [2.75, 3.05) is 19.1 Å². The summed E-state index contributed by atoms with van der Waals surface area (Å²) < 4.78 is 10.6. The van der Waals surface area contributed by atoms with Gasteiger partial charge in [0.05, 0.1) is 31.4 Å². The van der Waals surface area contributed by atoms with Gasteiger partial charge in [-0.05, 0) is 60.2 Å². The molecule has 1 unspecified atom stereocenters. The Morgan fingerprint density at radius 3 is 2.33 bits per heavy atom. The Morgan fingerprint density at radius 2 is 1.70 bits per heavy atom. The smallest absolute Gasteiger partial charge is 0.300 e. The minimum absolute atomic E-state index is 0.0480. The number of hydrogen-bond acceptors (Lipinski definition) is 6. The van der Waals surface area contributed by atoms with Crippen molar-refractivity contribution in [2.24, 2.45) is 0 Å². The summed E-state index contributed by atoms with van der Waals surface area (Å²) in [4.78, 5) is 27.7. The first kappa shape index (κ1) is 22.2. The molecule has 0 spiro atoms. The molecule has 1 heterocycles. The van der Waals surface area contributed by atoms with Crippen molar-refractivity contribution in [1.82, 2.24) is 0 Å². The summed E-state index contributed by atoms with van der Waals surface area (Å²) in [5.74, 6) is -1.45. The molecule has 0 radical (unpaired) electrons. The number of benzene rings is 3. The third kappa shape index (κ3) is 3.99. The van der Waals surface area contributed by atoms with Gasteiger partial charge >= 0.3 is 0 Å². The number of nitrogens with zero attached hydrogens (tertiary/aromatic N) is 1. The number of aliphatic hydroxyl groups is 1. The summed E-state index contributed by atoms with van der Waals surface area (Å²) in [6.45, 7) is 0. The van der Waals surface area contributed by atoms with Crippen LogP contribution >= 0.6 is 11.6 Å². The van der Waals surface area contributed by atoms with Gasteiger partial charge in [-0.2, -0.15) is 0 Å². The number of ketones is 1. The number of ether oxygens (including phenoxy) is 2. The molecule has 1 saturated heterocycles. The van der Waals surface area contributed by atoms with Gasteiger partial charge in [-0.15, -0.1) is 0 Å². The number of rotatable bonds is 5. The molecule has 1 aliphatic heterocycles. The molecule has 0 aliphatic carbocycles. The average Bonchev–Trinajstić information content (AvgIpc) is 3.09. The summed E-state index contributed by atoms with van der Waals surface area (Å²) in [5, 5.41) is 21.8. The van der Waals surface area contributed by atoms with Gasteiger partial charge in [0, 0.05) is 10.7 Å². The van der Waals surface area contributed by atoms with Gasteiger partial charge in [0.1, 0.15) is 23.0 Å². The van der Waals surface area contributed by atoms with Crippen LogP contribution in [0.3, 0.4) is 0 Å². The van der Waals surface area contributed by atoms with E-state index in [4.69, 9.17) is 21.1 Å². The Labute approximate surface area is 195 Å². The number of aromatic hydroxyl groups is 1. The highest BCUT2D eigenvalue weighted by atomic mass is 35.5. The van der Waals surface area contributed by atoms with Crippen LogP contribution in [0.1, 0.15) is 17.2 Å². The molecule has 33 heavy (non-hydrogen) atoms. The normalized spacial score (nSPS) is 17.3. The van der Waals surface area contributed by atoms with E-state index in [0.29, 0.717) is 27.8 Å². The van der Waals surface area contributed by atoms with Crippen LogP contribution in [0.2, 0.25) is 5.02 Å². The molecule has 1 aliphatic rings. The zero-order valence-electron chi connectivity index (χ0n) is 17.8. The van der Waals surface area contributed by atoms with E-state index in [1.165, 1.54) is 37.3 Å². The van der Waals surface area contributed by atoms with Gasteiger partial charge < -0.3 is 19.7 Å².